The number of nitrogens with zero attached hydrogens (tertiary/aromatic N) is 7. The molecule has 0 spiro atoms. The molecule has 3 aliphatic rings. The fourth-order valence-corrected chi connectivity index (χ4v) is 6.63. The average molecular weight is 588 g/mol. The summed E-state index contributed by atoms with van der Waals surface area (Å²) in [5, 5.41) is 9.95. The van der Waals surface area contributed by atoms with Crippen molar-refractivity contribution in [2.45, 2.75) is 57.0 Å². The van der Waals surface area contributed by atoms with Gasteiger partial charge in [0.2, 0.25) is 0 Å². The van der Waals surface area contributed by atoms with E-state index in [0.29, 0.717) is 35.4 Å². The fourth-order valence-electron chi connectivity index (χ4n) is 6.63. The molecule has 0 unspecified atom stereocenters. The number of aromatic nitrogens is 3. The van der Waals surface area contributed by atoms with Crippen molar-refractivity contribution in [2.24, 2.45) is 0 Å². The van der Waals surface area contributed by atoms with E-state index in [1.54, 1.807) is 12.3 Å². The molecule has 2 fully saturated rings. The number of hydrogen-bond acceptors (Lipinski definition) is 8. The van der Waals surface area contributed by atoms with Gasteiger partial charge in [-0.05, 0) is 75.4 Å². The number of likely N-dealkylation sites (tertiary alicyclic amines) is 1. The van der Waals surface area contributed by atoms with Gasteiger partial charge in [0.15, 0.2) is 5.83 Å². The number of nitriles is 1. The SMILES string of the molecule is C=C(F)C(=O)N1CCN(c2nc(OC[C@@H]3CCCN3C)nc3cc(-c4cncc5c4CCCC5)c(F)cc23)C[C@@H]1CC#N. The molecule has 1 amide bonds. The summed E-state index contributed by atoms with van der Waals surface area (Å²) >= 11 is 0. The fraction of sp³-hybridized carbons (Fsp3) is 0.469. The lowest BCUT2D eigenvalue weighted by Gasteiger charge is -2.41. The third-order valence-corrected chi connectivity index (χ3v) is 8.98. The van der Waals surface area contributed by atoms with Crippen LogP contribution in [0.2, 0.25) is 0 Å². The van der Waals surface area contributed by atoms with Gasteiger partial charge in [-0.3, -0.25) is 9.78 Å². The first kappa shape index (κ1) is 28.9. The summed E-state index contributed by atoms with van der Waals surface area (Å²) in [5.41, 5.74) is 4.02. The Hall–Kier alpha value is -4.17. The largest absolute Gasteiger partial charge is 0.462 e. The number of carbonyl (C=O) groups is 1. The van der Waals surface area contributed by atoms with Crippen LogP contribution in [0.1, 0.15) is 43.2 Å². The highest BCUT2D eigenvalue weighted by atomic mass is 19.1. The summed E-state index contributed by atoms with van der Waals surface area (Å²) in [6, 6.07) is 5.13. The smallest absolute Gasteiger partial charge is 0.319 e. The molecule has 2 aromatic heterocycles. The first-order valence-electron chi connectivity index (χ1n) is 14.9. The van der Waals surface area contributed by atoms with Gasteiger partial charge in [0.25, 0.3) is 5.91 Å². The number of benzene rings is 1. The van der Waals surface area contributed by atoms with E-state index < -0.39 is 23.6 Å². The van der Waals surface area contributed by atoms with Gasteiger partial charge in [-0.1, -0.05) is 6.58 Å². The Morgan fingerprint density at radius 2 is 1.95 bits per heavy atom. The third-order valence-electron chi connectivity index (χ3n) is 8.98. The number of piperazine rings is 1. The maximum Gasteiger partial charge on any atom is 0.319 e. The van der Waals surface area contributed by atoms with E-state index in [9.17, 15) is 14.4 Å². The molecule has 1 aliphatic carbocycles. The van der Waals surface area contributed by atoms with Gasteiger partial charge >= 0.3 is 6.01 Å². The number of halogens is 2. The molecule has 0 radical (unpaired) electrons. The number of amides is 1. The summed E-state index contributed by atoms with van der Waals surface area (Å²) in [6.45, 7) is 5.24. The van der Waals surface area contributed by atoms with Crippen LogP contribution in [-0.2, 0) is 17.6 Å². The number of pyridine rings is 1. The molecule has 2 aliphatic heterocycles. The molecule has 4 heterocycles. The summed E-state index contributed by atoms with van der Waals surface area (Å²) in [7, 11) is 2.07. The summed E-state index contributed by atoms with van der Waals surface area (Å²) in [6.07, 6.45) is 9.67. The average Bonchev–Trinajstić information content (AvgIpc) is 3.43. The molecule has 0 bridgehead atoms. The van der Waals surface area contributed by atoms with Crippen LogP contribution in [0.25, 0.3) is 22.0 Å². The van der Waals surface area contributed by atoms with Gasteiger partial charge in [-0.25, -0.2) is 8.78 Å². The number of fused-ring (bicyclic) bond motifs is 2. The molecular formula is C32H35F2N7O2. The molecule has 9 nitrogen and oxygen atoms in total. The second kappa shape index (κ2) is 12.2. The lowest BCUT2D eigenvalue weighted by atomic mass is 9.87. The van der Waals surface area contributed by atoms with E-state index >= 15 is 4.39 Å². The lowest BCUT2D eigenvalue weighted by Crippen LogP contribution is -2.55. The number of rotatable bonds is 7. The van der Waals surface area contributed by atoms with Gasteiger partial charge in [0.1, 0.15) is 18.2 Å². The number of anilines is 1. The van der Waals surface area contributed by atoms with Crippen molar-refractivity contribution >= 4 is 22.6 Å². The number of aryl methyl sites for hydroxylation is 1. The predicted molar refractivity (Wildman–Crippen MR) is 159 cm³/mol. The van der Waals surface area contributed by atoms with E-state index in [4.69, 9.17) is 14.7 Å². The second-order valence-corrected chi connectivity index (χ2v) is 11.7. The van der Waals surface area contributed by atoms with Crippen molar-refractivity contribution < 1.29 is 18.3 Å². The molecule has 2 saturated heterocycles. The summed E-state index contributed by atoms with van der Waals surface area (Å²) in [5.74, 6) is -1.85. The molecule has 3 aromatic rings. The summed E-state index contributed by atoms with van der Waals surface area (Å²) < 4.78 is 35.9. The van der Waals surface area contributed by atoms with Crippen LogP contribution in [0.15, 0.2) is 36.9 Å². The molecule has 43 heavy (non-hydrogen) atoms. The molecule has 0 N–H and O–H groups in total. The Bertz CT molecular complexity index is 1610. The Balaban J connectivity index is 1.41. The number of likely N-dealkylation sites (N-methyl/N-ethyl adjacent to an activating group) is 1. The highest BCUT2D eigenvalue weighted by Gasteiger charge is 2.33. The molecule has 11 heteroatoms. The van der Waals surface area contributed by atoms with Crippen molar-refractivity contribution in [3.63, 3.8) is 0 Å². The zero-order valence-electron chi connectivity index (χ0n) is 24.4. The van der Waals surface area contributed by atoms with Gasteiger partial charge in [0.05, 0.1) is 24.0 Å². The van der Waals surface area contributed by atoms with E-state index in [0.717, 1.165) is 61.8 Å². The van der Waals surface area contributed by atoms with Crippen LogP contribution in [0.3, 0.4) is 0 Å². The minimum Gasteiger partial charge on any atom is -0.462 e. The van der Waals surface area contributed by atoms with Crippen molar-refractivity contribution in [3.8, 4) is 23.2 Å². The first-order chi connectivity index (χ1) is 20.8. The predicted octanol–water partition coefficient (Wildman–Crippen LogP) is 4.60. The van der Waals surface area contributed by atoms with E-state index in [1.807, 2.05) is 11.1 Å². The van der Waals surface area contributed by atoms with E-state index in [1.165, 1.54) is 11.0 Å². The minimum absolute atomic E-state index is 0.000530. The highest BCUT2D eigenvalue weighted by Crippen LogP contribution is 2.37. The van der Waals surface area contributed by atoms with E-state index in [2.05, 4.69) is 29.6 Å². The normalized spacial score (nSPS) is 20.6. The van der Waals surface area contributed by atoms with Gasteiger partial charge < -0.3 is 19.4 Å². The third kappa shape index (κ3) is 5.76. The van der Waals surface area contributed by atoms with Crippen LogP contribution in [0.5, 0.6) is 6.01 Å². The van der Waals surface area contributed by atoms with E-state index in [-0.39, 0.29) is 31.6 Å². The minimum atomic E-state index is -1.07. The summed E-state index contributed by atoms with van der Waals surface area (Å²) in [4.78, 5) is 31.8. The van der Waals surface area contributed by atoms with Gasteiger partial charge in [-0.15, -0.1) is 0 Å². The zero-order valence-corrected chi connectivity index (χ0v) is 24.4. The Labute approximate surface area is 249 Å². The zero-order chi connectivity index (χ0) is 30.1. The topological polar surface area (TPSA) is 98.5 Å². The van der Waals surface area contributed by atoms with Crippen LogP contribution >= 0.6 is 0 Å². The maximum absolute atomic E-state index is 16.0. The van der Waals surface area contributed by atoms with Crippen molar-refractivity contribution in [2.75, 3.05) is 44.7 Å². The molecular weight excluding hydrogens is 552 g/mol. The molecule has 6 rings (SSSR count). The molecule has 224 valence electrons. The van der Waals surface area contributed by atoms with Gasteiger partial charge in [0, 0.05) is 54.6 Å². The van der Waals surface area contributed by atoms with Crippen molar-refractivity contribution in [1.29, 1.82) is 5.26 Å². The van der Waals surface area contributed by atoms with Crippen molar-refractivity contribution in [3.05, 3.63) is 53.9 Å². The molecule has 0 saturated carbocycles. The lowest BCUT2D eigenvalue weighted by molar-refractivity contribution is -0.131. The van der Waals surface area contributed by atoms with Gasteiger partial charge in [-0.2, -0.15) is 15.2 Å². The van der Waals surface area contributed by atoms with Crippen LogP contribution < -0.4 is 9.64 Å². The maximum atomic E-state index is 16.0. The Morgan fingerprint density at radius 3 is 2.72 bits per heavy atom. The van der Waals surface area contributed by atoms with Crippen LogP contribution in [0.4, 0.5) is 14.6 Å². The quantitative estimate of drug-likeness (QED) is 0.370. The first-order valence-corrected chi connectivity index (χ1v) is 14.9. The number of hydrogen-bond donors (Lipinski definition) is 0. The van der Waals surface area contributed by atoms with Crippen molar-refractivity contribution in [1.82, 2.24) is 24.8 Å². The molecule has 2 atom stereocenters. The Morgan fingerprint density at radius 1 is 1.12 bits per heavy atom. The Kier molecular flexibility index (Phi) is 8.21. The standard InChI is InChI=1S/C32H35F2N7O2/c1-20(33)31(42)41-13-12-40(18-22(41)9-10-35)30-26-14-28(34)25(27-17-36-16-21-6-3-4-8-24(21)27)15-29(26)37-32(38-30)43-19-23-7-5-11-39(23)2/h14-17,22-23H,1,3-9,11-13,18-19H2,2H3/t22-,23-/m0/s1. The highest BCUT2D eigenvalue weighted by molar-refractivity contribution is 5.94. The second-order valence-electron chi connectivity index (χ2n) is 11.7. The van der Waals surface area contributed by atoms with Crippen LogP contribution in [-0.4, -0.2) is 82.6 Å². The number of carbonyl (C=O) groups excluding carboxylic acids is 1. The van der Waals surface area contributed by atoms with Crippen LogP contribution in [0, 0.1) is 17.1 Å². The monoisotopic (exact) mass is 587 g/mol. The molecule has 1 aromatic carbocycles. The number of ether oxygens (including phenoxy) is 1.